The van der Waals surface area contributed by atoms with E-state index in [0.29, 0.717) is 49.3 Å². The molecular formula is C19H26N6O4. The highest BCUT2D eigenvalue weighted by Gasteiger charge is 2.13. The lowest BCUT2D eigenvalue weighted by Gasteiger charge is -2.27. The predicted octanol–water partition coefficient (Wildman–Crippen LogP) is 1.56. The molecule has 1 aliphatic rings. The van der Waals surface area contributed by atoms with Crippen molar-refractivity contribution in [1.29, 1.82) is 0 Å². The molecule has 10 heteroatoms. The molecule has 2 heterocycles. The average molecular weight is 402 g/mol. The van der Waals surface area contributed by atoms with Crippen molar-refractivity contribution in [1.82, 2.24) is 15.3 Å². The lowest BCUT2D eigenvalue weighted by molar-refractivity contribution is 0.122. The van der Waals surface area contributed by atoms with Crippen molar-refractivity contribution < 1.29 is 19.0 Å². The van der Waals surface area contributed by atoms with Gasteiger partial charge in [0.25, 0.3) is 0 Å². The maximum absolute atomic E-state index is 12.1. The largest absolute Gasteiger partial charge is 0.493 e. The van der Waals surface area contributed by atoms with Crippen LogP contribution in [0.1, 0.15) is 0 Å². The maximum Gasteiger partial charge on any atom is 0.319 e. The van der Waals surface area contributed by atoms with Crippen LogP contribution in [-0.4, -0.2) is 69.6 Å². The lowest BCUT2D eigenvalue weighted by atomic mass is 10.3. The number of urea groups is 1. The molecule has 0 unspecified atom stereocenters. The van der Waals surface area contributed by atoms with Crippen molar-refractivity contribution >= 4 is 23.4 Å². The summed E-state index contributed by atoms with van der Waals surface area (Å²) < 4.78 is 15.8. The van der Waals surface area contributed by atoms with Crippen LogP contribution in [-0.2, 0) is 4.74 Å². The molecule has 0 radical (unpaired) electrons. The molecule has 3 N–H and O–H groups in total. The Hall–Kier alpha value is -3.27. The number of aromatic nitrogens is 2. The zero-order valence-electron chi connectivity index (χ0n) is 16.6. The number of carbonyl (C=O) groups is 1. The zero-order valence-corrected chi connectivity index (χ0v) is 16.6. The minimum Gasteiger partial charge on any atom is -0.493 e. The van der Waals surface area contributed by atoms with Gasteiger partial charge in [0.05, 0.1) is 27.4 Å². The summed E-state index contributed by atoms with van der Waals surface area (Å²) in [6.07, 6.45) is 1.53. The Bertz CT molecular complexity index is 813. The number of benzene rings is 1. The Morgan fingerprint density at radius 1 is 1.10 bits per heavy atom. The SMILES string of the molecule is COc1ccc(NC(=O)NCCNc2cc(N3CCOCC3)ncn2)cc1OC. The van der Waals surface area contributed by atoms with Crippen molar-refractivity contribution in [3.63, 3.8) is 0 Å². The van der Waals surface area contributed by atoms with E-state index < -0.39 is 0 Å². The Morgan fingerprint density at radius 2 is 1.90 bits per heavy atom. The highest BCUT2D eigenvalue weighted by atomic mass is 16.5. The van der Waals surface area contributed by atoms with Crippen LogP contribution in [0.15, 0.2) is 30.6 Å². The Morgan fingerprint density at radius 3 is 2.66 bits per heavy atom. The molecule has 2 amide bonds. The third kappa shape index (κ3) is 5.85. The van der Waals surface area contributed by atoms with Crippen molar-refractivity contribution in [2.75, 3.05) is 69.1 Å². The summed E-state index contributed by atoms with van der Waals surface area (Å²) in [5, 5.41) is 8.74. The van der Waals surface area contributed by atoms with E-state index in [1.165, 1.54) is 6.33 Å². The van der Waals surface area contributed by atoms with Gasteiger partial charge in [-0.1, -0.05) is 0 Å². The first-order chi connectivity index (χ1) is 14.2. The summed E-state index contributed by atoms with van der Waals surface area (Å²) in [6.45, 7) is 3.98. The second-order valence-corrected chi connectivity index (χ2v) is 6.24. The second kappa shape index (κ2) is 10.3. The van der Waals surface area contributed by atoms with Crippen LogP contribution in [0.3, 0.4) is 0 Å². The summed E-state index contributed by atoms with van der Waals surface area (Å²) >= 11 is 0. The maximum atomic E-state index is 12.1. The molecule has 1 aromatic carbocycles. The molecule has 2 aromatic rings. The van der Waals surface area contributed by atoms with Crippen LogP contribution in [0.25, 0.3) is 0 Å². The van der Waals surface area contributed by atoms with Crippen LogP contribution in [0.5, 0.6) is 11.5 Å². The standard InChI is InChI=1S/C19H26N6O4/c1-27-15-4-3-14(11-16(15)28-2)24-19(26)21-6-5-20-17-12-18(23-13-22-17)25-7-9-29-10-8-25/h3-4,11-13H,5-10H2,1-2H3,(H,20,22,23)(H2,21,24,26). The highest BCUT2D eigenvalue weighted by molar-refractivity contribution is 5.89. The number of hydrogen-bond donors (Lipinski definition) is 3. The van der Waals surface area contributed by atoms with Crippen molar-refractivity contribution in [2.45, 2.75) is 0 Å². The van der Waals surface area contributed by atoms with E-state index in [4.69, 9.17) is 14.2 Å². The Balaban J connectivity index is 1.43. The van der Waals surface area contributed by atoms with E-state index in [2.05, 4.69) is 30.8 Å². The Labute approximate surface area is 169 Å². The zero-order chi connectivity index (χ0) is 20.5. The monoisotopic (exact) mass is 402 g/mol. The molecule has 1 aromatic heterocycles. The van der Waals surface area contributed by atoms with Gasteiger partial charge in [-0.05, 0) is 12.1 Å². The molecule has 1 fully saturated rings. The normalized spacial score (nSPS) is 13.5. The molecule has 0 saturated carbocycles. The molecule has 156 valence electrons. The number of rotatable bonds is 8. The smallest absolute Gasteiger partial charge is 0.319 e. The fourth-order valence-electron chi connectivity index (χ4n) is 2.86. The quantitative estimate of drug-likeness (QED) is 0.571. The van der Waals surface area contributed by atoms with Crippen LogP contribution >= 0.6 is 0 Å². The number of hydrogen-bond acceptors (Lipinski definition) is 8. The third-order valence-corrected chi connectivity index (χ3v) is 4.35. The van der Waals surface area contributed by atoms with Crippen LogP contribution < -0.4 is 30.3 Å². The molecule has 0 spiro atoms. The molecule has 0 aliphatic carbocycles. The van der Waals surface area contributed by atoms with Crippen molar-refractivity contribution in [2.24, 2.45) is 0 Å². The number of methoxy groups -OCH3 is 2. The molecule has 10 nitrogen and oxygen atoms in total. The lowest BCUT2D eigenvalue weighted by Crippen LogP contribution is -2.36. The number of morpholine rings is 1. The second-order valence-electron chi connectivity index (χ2n) is 6.24. The molecule has 1 saturated heterocycles. The number of ether oxygens (including phenoxy) is 3. The predicted molar refractivity (Wildman–Crippen MR) is 110 cm³/mol. The minimum absolute atomic E-state index is 0.310. The van der Waals surface area contributed by atoms with Gasteiger partial charge in [-0.15, -0.1) is 0 Å². The molecular weight excluding hydrogens is 376 g/mol. The van der Waals surface area contributed by atoms with Crippen molar-refractivity contribution in [3.05, 3.63) is 30.6 Å². The summed E-state index contributed by atoms with van der Waals surface area (Å²) in [6, 6.07) is 6.76. The summed E-state index contributed by atoms with van der Waals surface area (Å²) in [5.74, 6) is 2.73. The number of carbonyl (C=O) groups excluding carboxylic acids is 1. The van der Waals surface area contributed by atoms with E-state index in [1.807, 2.05) is 6.07 Å². The number of nitrogens with zero attached hydrogens (tertiary/aromatic N) is 3. The summed E-state index contributed by atoms with van der Waals surface area (Å²) in [4.78, 5) is 22.8. The minimum atomic E-state index is -0.310. The van der Waals surface area contributed by atoms with E-state index >= 15 is 0 Å². The molecule has 29 heavy (non-hydrogen) atoms. The van der Waals surface area contributed by atoms with E-state index in [0.717, 1.165) is 18.9 Å². The van der Waals surface area contributed by atoms with Gasteiger partial charge in [0.2, 0.25) is 0 Å². The fourth-order valence-corrected chi connectivity index (χ4v) is 2.86. The van der Waals surface area contributed by atoms with Gasteiger partial charge in [0.1, 0.15) is 18.0 Å². The van der Waals surface area contributed by atoms with Gasteiger partial charge in [0.15, 0.2) is 11.5 Å². The van der Waals surface area contributed by atoms with E-state index in [1.54, 1.807) is 32.4 Å². The van der Waals surface area contributed by atoms with Gasteiger partial charge in [-0.25, -0.2) is 14.8 Å². The first-order valence-corrected chi connectivity index (χ1v) is 9.35. The number of amides is 2. The highest BCUT2D eigenvalue weighted by Crippen LogP contribution is 2.29. The Kier molecular flexibility index (Phi) is 7.28. The van der Waals surface area contributed by atoms with Gasteiger partial charge in [-0.2, -0.15) is 0 Å². The first kappa shape index (κ1) is 20.5. The third-order valence-electron chi connectivity index (χ3n) is 4.35. The fraction of sp³-hybridized carbons (Fsp3) is 0.421. The molecule has 0 bridgehead atoms. The number of anilines is 3. The summed E-state index contributed by atoms with van der Waals surface area (Å²) in [5.41, 5.74) is 0.610. The van der Waals surface area contributed by atoms with Crippen molar-refractivity contribution in [3.8, 4) is 11.5 Å². The van der Waals surface area contributed by atoms with Gasteiger partial charge < -0.3 is 35.1 Å². The first-order valence-electron chi connectivity index (χ1n) is 9.35. The molecule has 0 atom stereocenters. The van der Waals surface area contributed by atoms with Crippen LogP contribution in [0.4, 0.5) is 22.1 Å². The van der Waals surface area contributed by atoms with E-state index in [-0.39, 0.29) is 6.03 Å². The van der Waals surface area contributed by atoms with Gasteiger partial charge >= 0.3 is 6.03 Å². The van der Waals surface area contributed by atoms with Gasteiger partial charge in [0, 0.05) is 44.0 Å². The topological polar surface area (TPSA) is 110 Å². The average Bonchev–Trinajstić information content (AvgIpc) is 2.77. The van der Waals surface area contributed by atoms with Crippen LogP contribution in [0.2, 0.25) is 0 Å². The number of nitrogens with one attached hydrogen (secondary N) is 3. The molecule has 3 rings (SSSR count). The summed E-state index contributed by atoms with van der Waals surface area (Å²) in [7, 11) is 3.11. The van der Waals surface area contributed by atoms with E-state index in [9.17, 15) is 4.79 Å². The molecule has 1 aliphatic heterocycles. The van der Waals surface area contributed by atoms with Crippen LogP contribution in [0, 0.1) is 0 Å². The van der Waals surface area contributed by atoms with Gasteiger partial charge in [-0.3, -0.25) is 0 Å².